The van der Waals surface area contributed by atoms with E-state index >= 15 is 0 Å². The van der Waals surface area contributed by atoms with Crippen LogP contribution in [-0.4, -0.2) is 25.7 Å². The quantitative estimate of drug-likeness (QED) is 0.794. The number of nitrogens with zero attached hydrogens (tertiary/aromatic N) is 1. The van der Waals surface area contributed by atoms with Crippen LogP contribution in [0.4, 0.5) is 11.4 Å². The standard InChI is InChI=1S/C13H18N2O2/c1-15(11-7-5-10(14)6-8-11)13(16)12-4-2-3-9-17-12/h5-8,12H,2-4,9,14H2,1H3. The summed E-state index contributed by atoms with van der Waals surface area (Å²) >= 11 is 0. The second kappa shape index (κ2) is 5.19. The third-order valence-electron chi connectivity index (χ3n) is 3.07. The predicted molar refractivity (Wildman–Crippen MR) is 67.9 cm³/mol. The van der Waals surface area contributed by atoms with Gasteiger partial charge in [0, 0.05) is 25.0 Å². The number of nitrogen functional groups attached to an aromatic ring is 1. The van der Waals surface area contributed by atoms with E-state index in [1.165, 1.54) is 0 Å². The SMILES string of the molecule is CN(C(=O)C1CCCCO1)c1ccc(N)cc1. The van der Waals surface area contributed by atoms with Crippen molar-refractivity contribution >= 4 is 17.3 Å². The van der Waals surface area contributed by atoms with Crippen LogP contribution in [0.15, 0.2) is 24.3 Å². The summed E-state index contributed by atoms with van der Waals surface area (Å²) in [5.74, 6) is 0.0227. The molecular formula is C13H18N2O2. The van der Waals surface area contributed by atoms with Crippen LogP contribution in [0.1, 0.15) is 19.3 Å². The maximum Gasteiger partial charge on any atom is 0.255 e. The van der Waals surface area contributed by atoms with Crippen molar-refractivity contribution in [2.45, 2.75) is 25.4 Å². The molecule has 0 aliphatic carbocycles. The number of nitrogens with two attached hydrogens (primary N) is 1. The first-order chi connectivity index (χ1) is 8.18. The van der Waals surface area contributed by atoms with Crippen molar-refractivity contribution in [3.8, 4) is 0 Å². The average Bonchev–Trinajstić information content (AvgIpc) is 2.39. The van der Waals surface area contributed by atoms with Crippen molar-refractivity contribution in [1.29, 1.82) is 0 Å². The summed E-state index contributed by atoms with van der Waals surface area (Å²) in [6.45, 7) is 0.686. The topological polar surface area (TPSA) is 55.6 Å². The van der Waals surface area contributed by atoms with E-state index in [0.29, 0.717) is 12.3 Å². The molecule has 92 valence electrons. The van der Waals surface area contributed by atoms with Crippen LogP contribution in [0, 0.1) is 0 Å². The van der Waals surface area contributed by atoms with Gasteiger partial charge < -0.3 is 15.4 Å². The summed E-state index contributed by atoms with van der Waals surface area (Å²) in [4.78, 5) is 13.8. The number of amides is 1. The number of hydrogen-bond acceptors (Lipinski definition) is 3. The normalized spacial score (nSPS) is 19.9. The Morgan fingerprint density at radius 1 is 1.35 bits per heavy atom. The second-order valence-electron chi connectivity index (χ2n) is 4.34. The molecule has 0 spiro atoms. The van der Waals surface area contributed by atoms with Crippen molar-refractivity contribution in [3.63, 3.8) is 0 Å². The zero-order valence-corrected chi connectivity index (χ0v) is 10.1. The van der Waals surface area contributed by atoms with E-state index in [1.807, 2.05) is 12.1 Å². The molecular weight excluding hydrogens is 216 g/mol. The summed E-state index contributed by atoms with van der Waals surface area (Å²) in [7, 11) is 1.77. The number of carbonyl (C=O) groups is 1. The van der Waals surface area contributed by atoms with Crippen LogP contribution in [0.25, 0.3) is 0 Å². The summed E-state index contributed by atoms with van der Waals surface area (Å²) in [5, 5.41) is 0. The van der Waals surface area contributed by atoms with E-state index in [0.717, 1.165) is 24.9 Å². The molecule has 2 rings (SSSR count). The molecule has 0 aromatic heterocycles. The molecule has 1 atom stereocenters. The highest BCUT2D eigenvalue weighted by Crippen LogP contribution is 2.20. The Hall–Kier alpha value is -1.55. The van der Waals surface area contributed by atoms with E-state index in [2.05, 4.69) is 0 Å². The van der Waals surface area contributed by atoms with Gasteiger partial charge in [0.25, 0.3) is 5.91 Å². The zero-order valence-electron chi connectivity index (χ0n) is 10.1. The Morgan fingerprint density at radius 2 is 2.06 bits per heavy atom. The molecule has 1 unspecified atom stereocenters. The number of hydrogen-bond donors (Lipinski definition) is 1. The number of carbonyl (C=O) groups excluding carboxylic acids is 1. The molecule has 17 heavy (non-hydrogen) atoms. The van der Waals surface area contributed by atoms with Crippen molar-refractivity contribution in [2.24, 2.45) is 0 Å². The third kappa shape index (κ3) is 2.77. The fraction of sp³-hybridized carbons (Fsp3) is 0.462. The Morgan fingerprint density at radius 3 is 2.65 bits per heavy atom. The molecule has 0 saturated carbocycles. The lowest BCUT2D eigenvalue weighted by Crippen LogP contribution is -2.39. The maximum atomic E-state index is 12.2. The summed E-state index contributed by atoms with van der Waals surface area (Å²) < 4.78 is 5.49. The first-order valence-corrected chi connectivity index (χ1v) is 5.93. The highest BCUT2D eigenvalue weighted by molar-refractivity contribution is 5.96. The van der Waals surface area contributed by atoms with E-state index in [9.17, 15) is 4.79 Å². The largest absolute Gasteiger partial charge is 0.399 e. The Kier molecular flexibility index (Phi) is 3.64. The van der Waals surface area contributed by atoms with E-state index in [1.54, 1.807) is 24.1 Å². The van der Waals surface area contributed by atoms with E-state index < -0.39 is 0 Å². The molecule has 1 heterocycles. The highest BCUT2D eigenvalue weighted by Gasteiger charge is 2.25. The Labute approximate surface area is 101 Å². The number of rotatable bonds is 2. The first-order valence-electron chi connectivity index (χ1n) is 5.93. The molecule has 1 amide bonds. The summed E-state index contributed by atoms with van der Waals surface area (Å²) in [5.41, 5.74) is 7.16. The van der Waals surface area contributed by atoms with Gasteiger partial charge in [-0.05, 0) is 43.5 Å². The number of likely N-dealkylation sites (N-methyl/N-ethyl adjacent to an activating group) is 1. The lowest BCUT2D eigenvalue weighted by molar-refractivity contribution is -0.132. The van der Waals surface area contributed by atoms with Gasteiger partial charge in [-0.3, -0.25) is 4.79 Å². The Bertz CT molecular complexity index is 383. The monoisotopic (exact) mass is 234 g/mol. The van der Waals surface area contributed by atoms with Crippen molar-refractivity contribution in [1.82, 2.24) is 0 Å². The molecule has 0 bridgehead atoms. The van der Waals surface area contributed by atoms with Crippen molar-refractivity contribution < 1.29 is 9.53 Å². The highest BCUT2D eigenvalue weighted by atomic mass is 16.5. The van der Waals surface area contributed by atoms with Crippen LogP contribution >= 0.6 is 0 Å². The van der Waals surface area contributed by atoms with Gasteiger partial charge in [0.2, 0.25) is 0 Å². The summed E-state index contributed by atoms with van der Waals surface area (Å²) in [6, 6.07) is 7.27. The Balaban J connectivity index is 2.05. The van der Waals surface area contributed by atoms with Gasteiger partial charge in [0.05, 0.1) is 0 Å². The van der Waals surface area contributed by atoms with Crippen LogP contribution < -0.4 is 10.6 Å². The molecule has 1 aromatic rings. The fourth-order valence-electron chi connectivity index (χ4n) is 1.98. The van der Waals surface area contributed by atoms with Crippen LogP contribution in [0.5, 0.6) is 0 Å². The van der Waals surface area contributed by atoms with E-state index in [-0.39, 0.29) is 12.0 Å². The van der Waals surface area contributed by atoms with Gasteiger partial charge in [0.15, 0.2) is 0 Å². The molecule has 4 nitrogen and oxygen atoms in total. The molecule has 1 aliphatic rings. The minimum atomic E-state index is -0.286. The van der Waals surface area contributed by atoms with Gasteiger partial charge in [-0.25, -0.2) is 0 Å². The number of benzene rings is 1. The van der Waals surface area contributed by atoms with Crippen LogP contribution in [0.3, 0.4) is 0 Å². The fourth-order valence-corrected chi connectivity index (χ4v) is 1.98. The first kappa shape index (κ1) is 11.9. The van der Waals surface area contributed by atoms with Crippen molar-refractivity contribution in [3.05, 3.63) is 24.3 Å². The molecule has 1 aliphatic heterocycles. The summed E-state index contributed by atoms with van der Waals surface area (Å²) in [6.07, 6.45) is 2.64. The average molecular weight is 234 g/mol. The molecule has 0 radical (unpaired) electrons. The maximum absolute atomic E-state index is 12.2. The van der Waals surface area contributed by atoms with E-state index in [4.69, 9.17) is 10.5 Å². The lowest BCUT2D eigenvalue weighted by atomic mass is 10.1. The molecule has 1 aromatic carbocycles. The van der Waals surface area contributed by atoms with Gasteiger partial charge in [-0.2, -0.15) is 0 Å². The lowest BCUT2D eigenvalue weighted by Gasteiger charge is -2.26. The number of ether oxygens (including phenoxy) is 1. The van der Waals surface area contributed by atoms with Crippen LogP contribution in [-0.2, 0) is 9.53 Å². The van der Waals surface area contributed by atoms with Gasteiger partial charge in [-0.1, -0.05) is 0 Å². The predicted octanol–water partition coefficient (Wildman–Crippen LogP) is 1.80. The zero-order chi connectivity index (χ0) is 12.3. The smallest absolute Gasteiger partial charge is 0.255 e. The molecule has 4 heteroatoms. The minimum absolute atomic E-state index is 0.0227. The minimum Gasteiger partial charge on any atom is -0.399 e. The molecule has 1 saturated heterocycles. The molecule has 2 N–H and O–H groups in total. The van der Waals surface area contributed by atoms with Gasteiger partial charge >= 0.3 is 0 Å². The number of anilines is 2. The second-order valence-corrected chi connectivity index (χ2v) is 4.34. The van der Waals surface area contributed by atoms with Gasteiger partial charge in [-0.15, -0.1) is 0 Å². The molecule has 1 fully saturated rings. The van der Waals surface area contributed by atoms with Crippen LogP contribution in [0.2, 0.25) is 0 Å². The van der Waals surface area contributed by atoms with Crippen molar-refractivity contribution in [2.75, 3.05) is 24.3 Å². The van der Waals surface area contributed by atoms with Gasteiger partial charge in [0.1, 0.15) is 6.10 Å². The third-order valence-corrected chi connectivity index (χ3v) is 3.07.